The molecule has 2 aromatic carbocycles. The maximum atomic E-state index is 14.1. The van der Waals surface area contributed by atoms with E-state index >= 15 is 0 Å². The summed E-state index contributed by atoms with van der Waals surface area (Å²) in [5, 5.41) is 14.1. The van der Waals surface area contributed by atoms with Crippen molar-refractivity contribution < 1.29 is 23.8 Å². The summed E-state index contributed by atoms with van der Waals surface area (Å²) in [6.45, 7) is 1.19. The number of pyridine rings is 1. The predicted octanol–water partition coefficient (Wildman–Crippen LogP) is 4.56. The normalized spacial score (nSPS) is 14.6. The summed E-state index contributed by atoms with van der Waals surface area (Å²) < 4.78 is 28.5. The molecule has 0 saturated carbocycles. The number of hydrogen-bond acceptors (Lipinski definition) is 7. The molecule has 1 atom stereocenters. The van der Waals surface area contributed by atoms with Crippen molar-refractivity contribution in [3.63, 3.8) is 0 Å². The molecule has 1 N–H and O–H groups in total. The number of carboxylic acid groups (broad SMARTS) is 1. The molecule has 5 aromatic rings. The summed E-state index contributed by atoms with van der Waals surface area (Å²) in [4.78, 5) is 33.7. The van der Waals surface area contributed by atoms with Crippen LogP contribution in [0.15, 0.2) is 71.7 Å². The van der Waals surface area contributed by atoms with E-state index in [0.29, 0.717) is 51.9 Å². The van der Waals surface area contributed by atoms with Crippen molar-refractivity contribution in [1.29, 1.82) is 0 Å². The number of benzene rings is 2. The Labute approximate surface area is 237 Å². The quantitative estimate of drug-likeness (QED) is 0.271. The maximum absolute atomic E-state index is 14.1. The number of halogens is 2. The van der Waals surface area contributed by atoms with Gasteiger partial charge in [0.2, 0.25) is 5.88 Å². The summed E-state index contributed by atoms with van der Waals surface area (Å²) in [5.74, 6) is -0.690. The minimum atomic E-state index is -1.03. The Bertz CT molecular complexity index is 1830. The number of imidazole rings is 1. The lowest BCUT2D eigenvalue weighted by Gasteiger charge is -2.27. The van der Waals surface area contributed by atoms with Crippen molar-refractivity contribution in [2.45, 2.75) is 32.2 Å². The molecule has 1 fully saturated rings. The van der Waals surface area contributed by atoms with Gasteiger partial charge in [-0.2, -0.15) is 5.10 Å². The molecule has 0 spiro atoms. The highest BCUT2D eigenvalue weighted by atomic mass is 35.5. The third kappa shape index (κ3) is 5.67. The molecule has 0 radical (unpaired) electrons. The molecule has 1 unspecified atom stereocenters. The fraction of sp³-hybridized carbons (Fsp3) is 0.207. The van der Waals surface area contributed by atoms with E-state index in [1.807, 2.05) is 4.57 Å². The second kappa shape index (κ2) is 11.1. The average molecular weight is 576 g/mol. The van der Waals surface area contributed by atoms with E-state index in [4.69, 9.17) is 21.1 Å². The molecule has 4 heterocycles. The zero-order valence-corrected chi connectivity index (χ0v) is 22.3. The monoisotopic (exact) mass is 575 g/mol. The standard InChI is InChI=1S/C29H23ClFN5O5/c30-20-6-4-18(22(31)12-20)16-41-27-3-1-2-23(34-27)19-11-28(37)36(32-13-19)15-26-33-24-7-5-17(29(38)39)10-25(24)35(26)14-21-8-9-40-21/h1-7,10-13,21H,8-9,14-16H2,(H,38,39). The molecule has 12 heteroatoms. The molecular weight excluding hydrogens is 553 g/mol. The van der Waals surface area contributed by atoms with Crippen LogP contribution in [0, 0.1) is 5.82 Å². The molecule has 3 aromatic heterocycles. The van der Waals surface area contributed by atoms with Crippen molar-refractivity contribution >= 4 is 28.6 Å². The summed E-state index contributed by atoms with van der Waals surface area (Å²) in [6.07, 6.45) is 2.40. The van der Waals surface area contributed by atoms with Gasteiger partial charge in [-0.05, 0) is 42.8 Å². The number of carbonyl (C=O) groups is 1. The van der Waals surface area contributed by atoms with Crippen molar-refractivity contribution in [3.05, 3.63) is 105 Å². The van der Waals surface area contributed by atoms with Crippen LogP contribution >= 0.6 is 11.6 Å². The van der Waals surface area contributed by atoms with E-state index in [-0.39, 0.29) is 36.3 Å². The predicted molar refractivity (Wildman–Crippen MR) is 148 cm³/mol. The summed E-state index contributed by atoms with van der Waals surface area (Å²) in [6, 6.07) is 15.6. The van der Waals surface area contributed by atoms with Gasteiger partial charge in [0.05, 0.1) is 41.1 Å². The van der Waals surface area contributed by atoms with Crippen LogP contribution in [0.5, 0.6) is 5.88 Å². The van der Waals surface area contributed by atoms with Crippen LogP contribution in [0.4, 0.5) is 4.39 Å². The summed E-state index contributed by atoms with van der Waals surface area (Å²) >= 11 is 5.81. The van der Waals surface area contributed by atoms with Gasteiger partial charge in [-0.25, -0.2) is 23.8 Å². The van der Waals surface area contributed by atoms with E-state index in [1.165, 1.54) is 29.1 Å². The average Bonchev–Trinajstić information content (AvgIpc) is 3.27. The van der Waals surface area contributed by atoms with Crippen LogP contribution in [0.1, 0.15) is 28.2 Å². The fourth-order valence-electron chi connectivity index (χ4n) is 4.54. The van der Waals surface area contributed by atoms with Gasteiger partial charge in [-0.1, -0.05) is 23.7 Å². The number of carboxylic acids is 1. The Kier molecular flexibility index (Phi) is 7.21. The van der Waals surface area contributed by atoms with Gasteiger partial charge in [-0.15, -0.1) is 0 Å². The van der Waals surface area contributed by atoms with Gasteiger partial charge in [0.1, 0.15) is 24.8 Å². The SMILES string of the molecule is O=C(O)c1ccc2nc(Cn3ncc(-c4cccc(OCc5ccc(Cl)cc5F)n4)cc3=O)n(CC3CCO3)c2c1. The minimum Gasteiger partial charge on any atom is -0.478 e. The number of aromatic carboxylic acids is 1. The van der Waals surface area contributed by atoms with Crippen LogP contribution in [0.25, 0.3) is 22.3 Å². The number of fused-ring (bicyclic) bond motifs is 1. The first-order chi connectivity index (χ1) is 19.8. The topological polar surface area (TPSA) is 121 Å². The third-order valence-corrected chi connectivity index (χ3v) is 7.06. The van der Waals surface area contributed by atoms with E-state index in [9.17, 15) is 19.1 Å². The highest BCUT2D eigenvalue weighted by Crippen LogP contribution is 2.24. The largest absolute Gasteiger partial charge is 0.478 e. The summed E-state index contributed by atoms with van der Waals surface area (Å²) in [5.41, 5.74) is 2.33. The van der Waals surface area contributed by atoms with Crippen LogP contribution in [-0.4, -0.2) is 48.1 Å². The molecule has 0 amide bonds. The van der Waals surface area contributed by atoms with E-state index in [0.717, 1.165) is 6.42 Å². The number of aromatic nitrogens is 5. The van der Waals surface area contributed by atoms with Crippen molar-refractivity contribution in [2.75, 3.05) is 6.61 Å². The Hall–Kier alpha value is -4.61. The lowest BCUT2D eigenvalue weighted by Crippen LogP contribution is -2.32. The molecule has 6 rings (SSSR count). The van der Waals surface area contributed by atoms with Crippen LogP contribution < -0.4 is 10.3 Å². The van der Waals surface area contributed by atoms with E-state index < -0.39 is 11.8 Å². The fourth-order valence-corrected chi connectivity index (χ4v) is 4.69. The van der Waals surface area contributed by atoms with Gasteiger partial charge >= 0.3 is 5.97 Å². The Morgan fingerprint density at radius 2 is 2.00 bits per heavy atom. The van der Waals surface area contributed by atoms with Gasteiger partial charge in [-0.3, -0.25) is 4.79 Å². The molecular formula is C29H23ClFN5O5. The Morgan fingerprint density at radius 1 is 1.15 bits per heavy atom. The molecule has 208 valence electrons. The van der Waals surface area contributed by atoms with Gasteiger partial charge in [0.15, 0.2) is 0 Å². The zero-order chi connectivity index (χ0) is 28.5. The van der Waals surface area contributed by atoms with Crippen molar-refractivity contribution in [2.24, 2.45) is 0 Å². The van der Waals surface area contributed by atoms with Crippen LogP contribution in [0.3, 0.4) is 0 Å². The van der Waals surface area contributed by atoms with Crippen LogP contribution in [-0.2, 0) is 24.4 Å². The first-order valence-corrected chi connectivity index (χ1v) is 13.2. The lowest BCUT2D eigenvalue weighted by molar-refractivity contribution is -0.0590. The maximum Gasteiger partial charge on any atom is 0.335 e. The molecule has 1 saturated heterocycles. The molecule has 1 aliphatic heterocycles. The number of ether oxygens (including phenoxy) is 2. The smallest absolute Gasteiger partial charge is 0.335 e. The van der Waals surface area contributed by atoms with Gasteiger partial charge < -0.3 is 19.1 Å². The number of rotatable bonds is 9. The van der Waals surface area contributed by atoms with Gasteiger partial charge in [0, 0.05) is 34.9 Å². The highest BCUT2D eigenvalue weighted by Gasteiger charge is 2.23. The summed E-state index contributed by atoms with van der Waals surface area (Å²) in [7, 11) is 0. The van der Waals surface area contributed by atoms with Gasteiger partial charge in [0.25, 0.3) is 5.56 Å². The Balaban J connectivity index is 1.24. The number of hydrogen-bond donors (Lipinski definition) is 1. The minimum absolute atomic E-state index is 0.0107. The second-order valence-electron chi connectivity index (χ2n) is 9.55. The molecule has 0 bridgehead atoms. The molecule has 1 aliphatic rings. The van der Waals surface area contributed by atoms with Crippen molar-refractivity contribution in [3.8, 4) is 17.1 Å². The first-order valence-electron chi connectivity index (χ1n) is 12.8. The van der Waals surface area contributed by atoms with Crippen LogP contribution in [0.2, 0.25) is 5.02 Å². The lowest BCUT2D eigenvalue weighted by atomic mass is 10.1. The van der Waals surface area contributed by atoms with Crippen molar-refractivity contribution in [1.82, 2.24) is 24.3 Å². The first kappa shape index (κ1) is 26.6. The Morgan fingerprint density at radius 3 is 2.73 bits per heavy atom. The second-order valence-corrected chi connectivity index (χ2v) is 9.99. The molecule has 0 aliphatic carbocycles. The number of nitrogens with zero attached hydrogens (tertiary/aromatic N) is 5. The zero-order valence-electron chi connectivity index (χ0n) is 21.5. The van der Waals surface area contributed by atoms with E-state index in [1.54, 1.807) is 42.5 Å². The molecule has 10 nitrogen and oxygen atoms in total. The third-order valence-electron chi connectivity index (χ3n) is 6.82. The highest BCUT2D eigenvalue weighted by molar-refractivity contribution is 6.30. The van der Waals surface area contributed by atoms with E-state index in [2.05, 4.69) is 15.1 Å². The molecule has 41 heavy (non-hydrogen) atoms.